The summed E-state index contributed by atoms with van der Waals surface area (Å²) in [5, 5.41) is 5.68. The van der Waals surface area contributed by atoms with Crippen LogP contribution in [-0.4, -0.2) is 37.8 Å². The van der Waals surface area contributed by atoms with Gasteiger partial charge in [0, 0.05) is 7.05 Å². The lowest BCUT2D eigenvalue weighted by Crippen LogP contribution is -2.65. The van der Waals surface area contributed by atoms with Gasteiger partial charge in [-0.05, 0) is 49.0 Å². The van der Waals surface area contributed by atoms with E-state index < -0.39 is 7.12 Å². The van der Waals surface area contributed by atoms with E-state index in [0.717, 1.165) is 12.0 Å². The topological polar surface area (TPSA) is 59.6 Å². The first-order valence-electron chi connectivity index (χ1n) is 9.70. The highest BCUT2D eigenvalue weighted by atomic mass is 16.7. The van der Waals surface area contributed by atoms with Crippen molar-refractivity contribution in [3.8, 4) is 0 Å². The third-order valence-corrected chi connectivity index (χ3v) is 7.14. The molecule has 5 atom stereocenters. The van der Waals surface area contributed by atoms with E-state index in [1.165, 1.54) is 6.42 Å². The number of carbonyl (C=O) groups excluding carboxylic acids is 1. The molecule has 1 aromatic rings. The van der Waals surface area contributed by atoms with E-state index in [4.69, 9.17) is 9.31 Å². The maximum atomic E-state index is 12.0. The van der Waals surface area contributed by atoms with Crippen molar-refractivity contribution in [2.24, 2.45) is 17.3 Å². The second kappa shape index (κ2) is 6.27. The van der Waals surface area contributed by atoms with Crippen molar-refractivity contribution in [3.63, 3.8) is 0 Å². The van der Waals surface area contributed by atoms with Crippen molar-refractivity contribution in [1.82, 2.24) is 10.6 Å². The maximum absolute atomic E-state index is 12.0. The highest BCUT2D eigenvalue weighted by molar-refractivity contribution is 6.48. The van der Waals surface area contributed by atoms with Gasteiger partial charge in [0.15, 0.2) is 0 Å². The van der Waals surface area contributed by atoms with Gasteiger partial charge in [0.2, 0.25) is 0 Å². The SMILES string of the molecule is CNC(=O)N[C@@H](Cc1ccccc1)B1O[C@@H]2C[C@@H]3C[C@@H](C3(C)C)[C@]2(C)O1. The molecular weight excluding hydrogens is 327 g/mol. The Hall–Kier alpha value is -1.53. The number of hydrogen-bond donors (Lipinski definition) is 2. The molecule has 4 fully saturated rings. The smallest absolute Gasteiger partial charge is 0.404 e. The Morgan fingerprint density at radius 3 is 2.65 bits per heavy atom. The lowest BCUT2D eigenvalue weighted by molar-refractivity contribution is -0.199. The highest BCUT2D eigenvalue weighted by Crippen LogP contribution is 2.65. The van der Waals surface area contributed by atoms with Crippen LogP contribution in [0.1, 0.15) is 39.2 Å². The van der Waals surface area contributed by atoms with Crippen LogP contribution in [-0.2, 0) is 15.7 Å². The summed E-state index contributed by atoms with van der Waals surface area (Å²) in [6, 6.07) is 9.97. The Morgan fingerprint density at radius 2 is 2.00 bits per heavy atom. The van der Waals surface area contributed by atoms with Gasteiger partial charge in [-0.25, -0.2) is 4.79 Å². The van der Waals surface area contributed by atoms with Crippen LogP contribution in [0, 0.1) is 17.3 Å². The van der Waals surface area contributed by atoms with Gasteiger partial charge in [0.05, 0.1) is 17.6 Å². The minimum absolute atomic E-state index is 0.119. The zero-order chi connectivity index (χ0) is 18.5. The maximum Gasteiger partial charge on any atom is 0.482 e. The van der Waals surface area contributed by atoms with Crippen LogP contribution in [0.15, 0.2) is 30.3 Å². The van der Waals surface area contributed by atoms with Crippen LogP contribution >= 0.6 is 0 Å². The first-order chi connectivity index (χ1) is 12.3. The lowest BCUT2D eigenvalue weighted by atomic mass is 9.43. The monoisotopic (exact) mass is 356 g/mol. The molecule has 26 heavy (non-hydrogen) atoms. The van der Waals surface area contributed by atoms with Gasteiger partial charge in [-0.2, -0.15) is 0 Å². The minimum atomic E-state index is -0.419. The lowest BCUT2D eigenvalue weighted by Gasteiger charge is -2.64. The Kier molecular flexibility index (Phi) is 4.31. The van der Waals surface area contributed by atoms with Crippen LogP contribution in [0.2, 0.25) is 0 Å². The zero-order valence-electron chi connectivity index (χ0n) is 16.1. The highest BCUT2D eigenvalue weighted by Gasteiger charge is 2.68. The molecule has 0 aromatic heterocycles. The van der Waals surface area contributed by atoms with E-state index in [2.05, 4.69) is 43.5 Å². The van der Waals surface area contributed by atoms with E-state index in [0.29, 0.717) is 23.7 Å². The van der Waals surface area contributed by atoms with E-state index in [9.17, 15) is 4.79 Å². The van der Waals surface area contributed by atoms with Crippen molar-refractivity contribution in [2.75, 3.05) is 7.05 Å². The molecule has 2 amide bonds. The summed E-state index contributed by atoms with van der Waals surface area (Å²) in [6.45, 7) is 6.92. The van der Waals surface area contributed by atoms with E-state index >= 15 is 0 Å². The Balaban J connectivity index is 1.54. The molecule has 1 heterocycles. The molecule has 1 saturated heterocycles. The molecular formula is C20H29BN2O3. The Morgan fingerprint density at radius 1 is 1.27 bits per heavy atom. The zero-order valence-corrected chi connectivity index (χ0v) is 16.1. The third-order valence-electron chi connectivity index (χ3n) is 7.14. The number of hydrogen-bond acceptors (Lipinski definition) is 3. The standard InChI is InChI=1S/C20H29BN2O3/c1-19(2)14-11-15(19)20(3)16(12-14)25-21(26-20)17(23-18(24)22-4)10-13-8-6-5-7-9-13/h5-9,14-17H,10-12H2,1-4H3,(H2,22,23,24)/t14-,15-,16+,17-,20-/m0/s1. The molecule has 1 aromatic carbocycles. The summed E-state index contributed by atoms with van der Waals surface area (Å²) in [5.41, 5.74) is 1.21. The summed E-state index contributed by atoms with van der Waals surface area (Å²) in [4.78, 5) is 12.0. The predicted octanol–water partition coefficient (Wildman–Crippen LogP) is 2.79. The summed E-state index contributed by atoms with van der Waals surface area (Å²) in [5.74, 6) is 1.01. The first kappa shape index (κ1) is 17.9. The van der Waals surface area contributed by atoms with Crippen LogP contribution in [0.4, 0.5) is 4.79 Å². The molecule has 5 nitrogen and oxygen atoms in total. The predicted molar refractivity (Wildman–Crippen MR) is 102 cm³/mol. The molecule has 2 bridgehead atoms. The summed E-state index contributed by atoms with van der Waals surface area (Å²) < 4.78 is 12.9. The fourth-order valence-electron chi connectivity index (χ4n) is 5.39. The average molecular weight is 356 g/mol. The molecule has 0 radical (unpaired) electrons. The first-order valence-corrected chi connectivity index (χ1v) is 9.70. The fourth-order valence-corrected chi connectivity index (χ4v) is 5.39. The molecule has 6 heteroatoms. The van der Waals surface area contributed by atoms with Crippen LogP contribution in [0.5, 0.6) is 0 Å². The molecule has 5 rings (SSSR count). The van der Waals surface area contributed by atoms with Gasteiger partial charge in [-0.3, -0.25) is 0 Å². The third kappa shape index (κ3) is 2.74. The molecule has 4 aliphatic rings. The number of carbonyl (C=O) groups is 1. The second-order valence-electron chi connectivity index (χ2n) is 8.86. The number of rotatable bonds is 4. The van der Waals surface area contributed by atoms with Crippen LogP contribution in [0.25, 0.3) is 0 Å². The molecule has 3 aliphatic carbocycles. The summed E-state index contributed by atoms with van der Waals surface area (Å²) >= 11 is 0. The van der Waals surface area contributed by atoms with Crippen molar-refractivity contribution < 1.29 is 14.1 Å². The molecule has 3 saturated carbocycles. The largest absolute Gasteiger partial charge is 0.482 e. The van der Waals surface area contributed by atoms with Gasteiger partial charge in [0.25, 0.3) is 0 Å². The van der Waals surface area contributed by atoms with Crippen LogP contribution in [0.3, 0.4) is 0 Å². The quantitative estimate of drug-likeness (QED) is 0.816. The summed E-state index contributed by atoms with van der Waals surface area (Å²) in [7, 11) is 1.21. The van der Waals surface area contributed by atoms with Gasteiger partial charge >= 0.3 is 13.1 Å². The van der Waals surface area contributed by atoms with Gasteiger partial charge in [-0.15, -0.1) is 0 Å². The van der Waals surface area contributed by atoms with Crippen LogP contribution < -0.4 is 10.6 Å². The fraction of sp³-hybridized carbons (Fsp3) is 0.650. The van der Waals surface area contributed by atoms with E-state index in [1.807, 2.05) is 18.2 Å². The van der Waals surface area contributed by atoms with Gasteiger partial charge < -0.3 is 19.9 Å². The average Bonchev–Trinajstić information content (AvgIpc) is 2.98. The van der Waals surface area contributed by atoms with Gasteiger partial charge in [0.1, 0.15) is 0 Å². The molecule has 2 N–H and O–H groups in total. The summed E-state index contributed by atoms with van der Waals surface area (Å²) in [6.07, 6.45) is 3.07. The normalized spacial score (nSPS) is 35.2. The van der Waals surface area contributed by atoms with E-state index in [-0.39, 0.29) is 23.7 Å². The number of nitrogens with one attached hydrogen (secondary N) is 2. The minimum Gasteiger partial charge on any atom is -0.404 e. The van der Waals surface area contributed by atoms with Gasteiger partial charge in [-0.1, -0.05) is 44.2 Å². The van der Waals surface area contributed by atoms with Crippen molar-refractivity contribution in [2.45, 2.75) is 57.7 Å². The van der Waals surface area contributed by atoms with E-state index in [1.54, 1.807) is 7.05 Å². The Bertz CT molecular complexity index is 683. The molecule has 1 aliphatic heterocycles. The number of amides is 2. The molecule has 140 valence electrons. The van der Waals surface area contributed by atoms with Crippen molar-refractivity contribution in [3.05, 3.63) is 35.9 Å². The van der Waals surface area contributed by atoms with Crippen molar-refractivity contribution in [1.29, 1.82) is 0 Å². The number of benzene rings is 1. The molecule has 0 unspecified atom stereocenters. The molecule has 0 spiro atoms. The van der Waals surface area contributed by atoms with Crippen molar-refractivity contribution >= 4 is 13.1 Å². The number of urea groups is 1. The second-order valence-corrected chi connectivity index (χ2v) is 8.86. The Labute approximate surface area is 156 Å².